The molecule has 1 heterocycles. The number of benzene rings is 2. The summed E-state index contributed by atoms with van der Waals surface area (Å²) in [6.45, 7) is 1.43. The molecule has 0 saturated carbocycles. The Balaban J connectivity index is 2.42. The molecule has 0 atom stereocenters. The third-order valence-electron chi connectivity index (χ3n) is 3.24. The molecule has 2 aromatic carbocycles. The van der Waals surface area contributed by atoms with Crippen LogP contribution in [0.25, 0.3) is 22.4 Å². The van der Waals surface area contributed by atoms with Gasteiger partial charge in [-0.15, -0.1) is 0 Å². The lowest BCUT2D eigenvalue weighted by molar-refractivity contribution is 0.447. The van der Waals surface area contributed by atoms with Crippen molar-refractivity contribution in [3.8, 4) is 17.6 Å². The van der Waals surface area contributed by atoms with E-state index < -0.39 is 17.5 Å². The molecule has 0 amide bonds. The third kappa shape index (κ3) is 1.86. The summed E-state index contributed by atoms with van der Waals surface area (Å²) in [5, 5.41) is 9.26. The first-order valence-electron chi connectivity index (χ1n) is 6.06. The van der Waals surface area contributed by atoms with Gasteiger partial charge in [0.25, 0.3) is 0 Å². The van der Waals surface area contributed by atoms with Gasteiger partial charge in [-0.05, 0) is 30.7 Å². The van der Waals surface area contributed by atoms with Crippen molar-refractivity contribution < 1.29 is 13.2 Å². The maximum atomic E-state index is 14.1. The number of imidazole rings is 1. The van der Waals surface area contributed by atoms with Gasteiger partial charge < -0.3 is 0 Å². The second-order valence-electron chi connectivity index (χ2n) is 4.54. The molecule has 3 rings (SSSR count). The molecular formula is C15H8F3N3. The van der Waals surface area contributed by atoms with Crippen molar-refractivity contribution in [1.29, 1.82) is 5.26 Å². The van der Waals surface area contributed by atoms with Crippen LogP contribution >= 0.6 is 0 Å². The lowest BCUT2D eigenvalue weighted by atomic mass is 10.1. The van der Waals surface area contributed by atoms with Crippen molar-refractivity contribution in [3.63, 3.8) is 0 Å². The van der Waals surface area contributed by atoms with Gasteiger partial charge in [0.05, 0.1) is 16.6 Å². The molecule has 21 heavy (non-hydrogen) atoms. The number of aryl methyl sites for hydroxylation is 1. The van der Waals surface area contributed by atoms with Gasteiger partial charge in [-0.25, -0.2) is 22.7 Å². The molecule has 3 aromatic rings. The van der Waals surface area contributed by atoms with Crippen LogP contribution in [0, 0.1) is 35.8 Å². The fourth-order valence-corrected chi connectivity index (χ4v) is 2.28. The topological polar surface area (TPSA) is 41.6 Å². The number of halogens is 3. The van der Waals surface area contributed by atoms with Gasteiger partial charge in [-0.2, -0.15) is 5.26 Å². The number of nitrogens with zero attached hydrogens (tertiary/aromatic N) is 3. The largest absolute Gasteiger partial charge is 0.228 e. The summed E-state index contributed by atoms with van der Waals surface area (Å²) in [5.74, 6) is -4.24. The van der Waals surface area contributed by atoms with Crippen LogP contribution in [0.4, 0.5) is 13.2 Å². The van der Waals surface area contributed by atoms with Crippen molar-refractivity contribution in [3.05, 3.63) is 53.3 Å². The van der Waals surface area contributed by atoms with Crippen LogP contribution in [0.5, 0.6) is 0 Å². The Kier molecular flexibility index (Phi) is 2.91. The van der Waals surface area contributed by atoms with Gasteiger partial charge in [0.1, 0.15) is 0 Å². The highest BCUT2D eigenvalue weighted by atomic mass is 19.2. The van der Waals surface area contributed by atoms with E-state index in [1.165, 1.54) is 6.92 Å². The summed E-state index contributed by atoms with van der Waals surface area (Å²) in [4.78, 5) is 4.16. The van der Waals surface area contributed by atoms with E-state index in [1.54, 1.807) is 24.3 Å². The maximum absolute atomic E-state index is 14.1. The number of fused-ring (bicyclic) bond motifs is 1. The standard InChI is InChI=1S/C15H8F3N3/c1-8-6-9(16)13(17)14(18)12(8)15-20-10-4-2-3-5-11(10)21(15)7-19/h2-6H,1H3. The number of nitriles is 1. The van der Waals surface area contributed by atoms with Crippen LogP contribution in [0.15, 0.2) is 30.3 Å². The zero-order valence-electron chi connectivity index (χ0n) is 10.9. The monoisotopic (exact) mass is 287 g/mol. The molecule has 104 valence electrons. The predicted octanol–water partition coefficient (Wildman–Crippen LogP) is 3.76. The van der Waals surface area contributed by atoms with Gasteiger partial charge in [0, 0.05) is 0 Å². The molecular weight excluding hydrogens is 279 g/mol. The molecule has 0 unspecified atom stereocenters. The van der Waals surface area contributed by atoms with Gasteiger partial charge in [-0.1, -0.05) is 12.1 Å². The highest BCUT2D eigenvalue weighted by molar-refractivity contribution is 5.82. The highest BCUT2D eigenvalue weighted by Gasteiger charge is 2.23. The van der Waals surface area contributed by atoms with Crippen molar-refractivity contribution in [1.82, 2.24) is 9.55 Å². The van der Waals surface area contributed by atoms with Crippen LogP contribution in [-0.2, 0) is 0 Å². The Labute approximate surface area is 117 Å². The zero-order valence-corrected chi connectivity index (χ0v) is 10.9. The van der Waals surface area contributed by atoms with Crippen molar-refractivity contribution in [2.24, 2.45) is 0 Å². The molecule has 0 aliphatic rings. The maximum Gasteiger partial charge on any atom is 0.195 e. The second-order valence-corrected chi connectivity index (χ2v) is 4.54. The Hall–Kier alpha value is -2.81. The van der Waals surface area contributed by atoms with Gasteiger partial charge >= 0.3 is 0 Å². The van der Waals surface area contributed by atoms with Crippen molar-refractivity contribution in [2.45, 2.75) is 6.92 Å². The van der Waals surface area contributed by atoms with Crippen LogP contribution in [0.2, 0.25) is 0 Å². The first-order valence-corrected chi connectivity index (χ1v) is 6.06. The first kappa shape index (κ1) is 13.2. The smallest absolute Gasteiger partial charge is 0.195 e. The second kappa shape index (κ2) is 4.63. The van der Waals surface area contributed by atoms with Crippen LogP contribution < -0.4 is 0 Å². The molecule has 0 fully saturated rings. The minimum Gasteiger partial charge on any atom is -0.228 e. The number of para-hydroxylation sites is 2. The number of hydrogen-bond acceptors (Lipinski definition) is 2. The van der Waals surface area contributed by atoms with Crippen LogP contribution in [0.1, 0.15) is 5.56 Å². The van der Waals surface area contributed by atoms with E-state index in [-0.39, 0.29) is 17.0 Å². The Bertz CT molecular complexity index is 907. The molecule has 0 aliphatic carbocycles. The third-order valence-corrected chi connectivity index (χ3v) is 3.24. The van der Waals surface area contributed by atoms with Crippen molar-refractivity contribution >= 4 is 11.0 Å². The summed E-state index contributed by atoms with van der Waals surface area (Å²) in [7, 11) is 0. The molecule has 0 saturated heterocycles. The Morgan fingerprint density at radius 2 is 1.86 bits per heavy atom. The molecule has 0 spiro atoms. The molecule has 0 bridgehead atoms. The minimum absolute atomic E-state index is 0.0485. The van der Waals surface area contributed by atoms with Crippen LogP contribution in [0.3, 0.4) is 0 Å². The quantitative estimate of drug-likeness (QED) is 0.639. The van der Waals surface area contributed by atoms with Gasteiger partial charge in [-0.3, -0.25) is 0 Å². The summed E-state index contributed by atoms with van der Waals surface area (Å²) in [6.07, 6.45) is 1.88. The van der Waals surface area contributed by atoms with E-state index in [9.17, 15) is 18.4 Å². The average molecular weight is 287 g/mol. The van der Waals surface area contributed by atoms with E-state index in [2.05, 4.69) is 4.98 Å². The lowest BCUT2D eigenvalue weighted by Gasteiger charge is -2.07. The number of hydrogen-bond donors (Lipinski definition) is 0. The van der Waals surface area contributed by atoms with Crippen LogP contribution in [-0.4, -0.2) is 9.55 Å². The molecule has 1 aromatic heterocycles. The predicted molar refractivity (Wildman–Crippen MR) is 70.8 cm³/mol. The first-order chi connectivity index (χ1) is 10.0. The molecule has 6 heteroatoms. The molecule has 3 nitrogen and oxygen atoms in total. The molecule has 0 radical (unpaired) electrons. The Morgan fingerprint density at radius 1 is 1.14 bits per heavy atom. The SMILES string of the molecule is Cc1cc(F)c(F)c(F)c1-c1nc2ccccc2n1C#N. The van der Waals surface area contributed by atoms with E-state index in [4.69, 9.17) is 0 Å². The number of rotatable bonds is 1. The summed E-state index contributed by atoms with van der Waals surface area (Å²) < 4.78 is 41.9. The Morgan fingerprint density at radius 3 is 2.57 bits per heavy atom. The van der Waals surface area contributed by atoms with E-state index in [0.717, 1.165) is 10.6 Å². The van der Waals surface area contributed by atoms with Gasteiger partial charge in [0.2, 0.25) is 0 Å². The molecule has 0 N–H and O–H groups in total. The highest BCUT2D eigenvalue weighted by Crippen LogP contribution is 2.31. The lowest BCUT2D eigenvalue weighted by Crippen LogP contribution is -2.02. The summed E-state index contributed by atoms with van der Waals surface area (Å²) in [5.41, 5.74) is 0.890. The number of aromatic nitrogens is 2. The normalized spacial score (nSPS) is 10.8. The van der Waals surface area contributed by atoms with E-state index >= 15 is 0 Å². The molecule has 0 aliphatic heterocycles. The van der Waals surface area contributed by atoms with Crippen molar-refractivity contribution in [2.75, 3.05) is 0 Å². The fraction of sp³-hybridized carbons (Fsp3) is 0.0667. The average Bonchev–Trinajstić information content (AvgIpc) is 2.83. The summed E-state index contributed by atoms with van der Waals surface area (Å²) >= 11 is 0. The zero-order chi connectivity index (χ0) is 15.1. The van der Waals surface area contributed by atoms with Gasteiger partial charge in [0.15, 0.2) is 29.5 Å². The van der Waals surface area contributed by atoms with E-state index in [1.807, 2.05) is 6.19 Å². The fourth-order valence-electron chi connectivity index (χ4n) is 2.28. The van der Waals surface area contributed by atoms with E-state index in [0.29, 0.717) is 11.0 Å². The summed E-state index contributed by atoms with van der Waals surface area (Å²) in [6, 6.07) is 7.60. The minimum atomic E-state index is -1.58.